The van der Waals surface area contributed by atoms with Gasteiger partial charge in [0.25, 0.3) is 11.8 Å². The van der Waals surface area contributed by atoms with Crippen LogP contribution in [0.1, 0.15) is 133 Å². The molecular formula is C73H94N10O20. The zero-order valence-corrected chi connectivity index (χ0v) is 60.1. The lowest BCUT2D eigenvalue weighted by atomic mass is 10.0. The maximum atomic E-state index is 14.3. The highest BCUT2D eigenvalue weighted by molar-refractivity contribution is 6.08. The lowest BCUT2D eigenvalue weighted by molar-refractivity contribution is -0.132. The Hall–Kier alpha value is -10.3. The Morgan fingerprint density at radius 1 is 0.515 bits per heavy atom. The molecule has 1 unspecified atom stereocenters. The van der Waals surface area contributed by atoms with Crippen molar-refractivity contribution in [1.82, 2.24) is 31.1 Å². The standard InChI is InChI=1S/C73H94N10O20/c1-40(2)62(76-46(9)84)66(88)74-44(7)64(86)77-49-20-16-47(17-21-49)38-102-72(94)82-53-34-59(57(97-11)32-51(53)68(90)80-36-42(5)30-55(80)70(82)92)100-25-14-13-15-26-101-60-35-54-52(33-58(60)98-12)69(91)81-37-43(6)31-56(81)71(93)83(54)73(95)103-39-48-18-22-50(23-19-48)78-65(87)45(8)75-67(89)63(41(3)4)79-61(85)24-27-99-29-28-96-10/h16-23,32-37,40-41,44-45,55-56,62-63,70-71,92-93H,13-15,24-31,38-39H2,1-12H3,(H,74,88)(H,75,89)(H,76,84)(H,77,86)(H,78,87)(H,79,85)/t44-,45-,55-,56-,62-,63?,70-,71-/m0/s1. The normalized spacial score (nSPS) is 17.9. The van der Waals surface area contributed by atoms with Crippen LogP contribution < -0.4 is 60.6 Å². The van der Waals surface area contributed by atoms with E-state index < -0.39 is 96.3 Å². The van der Waals surface area contributed by atoms with Crippen molar-refractivity contribution >= 4 is 82.2 Å². The Morgan fingerprint density at radius 2 is 0.932 bits per heavy atom. The van der Waals surface area contributed by atoms with Gasteiger partial charge in [0.15, 0.2) is 35.5 Å². The van der Waals surface area contributed by atoms with E-state index in [4.69, 9.17) is 37.9 Å². The first-order valence-corrected chi connectivity index (χ1v) is 34.1. The number of nitrogens with zero attached hydrogens (tertiary/aromatic N) is 4. The van der Waals surface area contributed by atoms with Crippen LogP contribution in [-0.2, 0) is 60.9 Å². The fourth-order valence-electron chi connectivity index (χ4n) is 12.0. The molecule has 10 amide bonds. The number of ether oxygens (including phenoxy) is 8. The van der Waals surface area contributed by atoms with Gasteiger partial charge in [0.2, 0.25) is 35.4 Å². The summed E-state index contributed by atoms with van der Waals surface area (Å²) in [6, 6.07) is 13.2. The van der Waals surface area contributed by atoms with Gasteiger partial charge in [0.1, 0.15) is 37.4 Å². The third-order valence-corrected chi connectivity index (χ3v) is 17.6. The van der Waals surface area contributed by atoms with E-state index in [0.29, 0.717) is 55.0 Å². The number of unbranched alkanes of at least 4 members (excludes halogenated alkanes) is 2. The number of carbonyl (C=O) groups excluding carboxylic acids is 10. The molecule has 0 aliphatic carbocycles. The van der Waals surface area contributed by atoms with Gasteiger partial charge in [0, 0.05) is 56.4 Å². The van der Waals surface area contributed by atoms with Gasteiger partial charge < -0.3 is 89.8 Å². The van der Waals surface area contributed by atoms with Gasteiger partial charge in [-0.15, -0.1) is 0 Å². The van der Waals surface area contributed by atoms with Crippen LogP contribution in [0.2, 0.25) is 0 Å². The van der Waals surface area contributed by atoms with Crippen molar-refractivity contribution < 1.29 is 96.1 Å². The molecule has 0 fully saturated rings. The largest absolute Gasteiger partial charge is 0.493 e. The lowest BCUT2D eigenvalue weighted by Gasteiger charge is -2.31. The average molecular weight is 1430 g/mol. The SMILES string of the molecule is COCCOCCC(=O)NC(C(=O)N[C@@H](C)C(=O)Nc1ccc(COC(=O)N2c3cc(OCCCCCOc4cc5c(cc4OC)C(=O)N4C=C(C)C[C@H]4[C@H](O)N5C(=O)OCc4ccc(NC(=O)[C@H](C)NC(=O)[C@@H](NC(C)=O)C(C)C)cc4)c(OC)cc3C(=O)N3C=C(C)C[C@H]3[C@@H]2O)cc1)C(C)C. The van der Waals surface area contributed by atoms with E-state index in [-0.39, 0.29) is 121 Å². The monoisotopic (exact) mass is 1430 g/mol. The molecule has 4 heterocycles. The molecule has 8 atom stereocenters. The second-order valence-corrected chi connectivity index (χ2v) is 26.3. The molecule has 0 saturated carbocycles. The van der Waals surface area contributed by atoms with Crippen LogP contribution in [0.15, 0.2) is 96.3 Å². The molecule has 0 spiro atoms. The highest BCUT2D eigenvalue weighted by atomic mass is 16.6. The summed E-state index contributed by atoms with van der Waals surface area (Å²) < 4.78 is 45.9. The van der Waals surface area contributed by atoms with Gasteiger partial charge in [-0.1, -0.05) is 63.1 Å². The predicted molar refractivity (Wildman–Crippen MR) is 377 cm³/mol. The topological polar surface area (TPSA) is 370 Å². The number of anilines is 4. The van der Waals surface area contributed by atoms with Crippen LogP contribution in [0.4, 0.5) is 32.3 Å². The number of methoxy groups -OCH3 is 3. The molecule has 30 nitrogen and oxygen atoms in total. The molecule has 4 aromatic carbocycles. The first kappa shape index (κ1) is 78.4. The van der Waals surface area contributed by atoms with Crippen LogP contribution in [0, 0.1) is 11.8 Å². The Balaban J connectivity index is 0.874. The fraction of sp³-hybridized carbons (Fsp3) is 0.479. The van der Waals surface area contributed by atoms with Crippen LogP contribution in [0.25, 0.3) is 0 Å². The number of rotatable bonds is 32. The van der Waals surface area contributed by atoms with Gasteiger partial charge in [-0.05, 0) is 119 Å². The molecule has 0 aromatic heterocycles. The number of nitrogens with one attached hydrogen (secondary N) is 6. The molecular weight excluding hydrogens is 1340 g/mol. The lowest BCUT2D eigenvalue weighted by Crippen LogP contribution is -2.53. The van der Waals surface area contributed by atoms with E-state index in [0.717, 1.165) is 20.9 Å². The van der Waals surface area contributed by atoms with Gasteiger partial charge in [-0.2, -0.15) is 0 Å². The molecule has 0 saturated heterocycles. The number of aliphatic hydroxyl groups excluding tert-OH is 2. The quantitative estimate of drug-likeness (QED) is 0.0234. The van der Waals surface area contributed by atoms with Gasteiger partial charge >= 0.3 is 12.2 Å². The molecule has 0 radical (unpaired) electrons. The zero-order chi connectivity index (χ0) is 74.9. The Morgan fingerprint density at radius 3 is 1.32 bits per heavy atom. The Kier molecular flexibility index (Phi) is 27.4. The van der Waals surface area contributed by atoms with Crippen LogP contribution in [0.5, 0.6) is 23.0 Å². The molecule has 8 rings (SSSR count). The molecule has 30 heteroatoms. The smallest absolute Gasteiger partial charge is 0.416 e. The van der Waals surface area contributed by atoms with Crippen molar-refractivity contribution in [2.45, 2.75) is 163 Å². The number of aliphatic hydroxyl groups is 2. The first-order valence-electron chi connectivity index (χ1n) is 34.1. The maximum Gasteiger partial charge on any atom is 0.416 e. The Labute approximate surface area is 598 Å². The van der Waals surface area contributed by atoms with E-state index >= 15 is 0 Å². The maximum absolute atomic E-state index is 14.3. The number of carbonyl (C=O) groups is 10. The number of fused-ring (bicyclic) bond motifs is 4. The van der Waals surface area contributed by atoms with Crippen LogP contribution >= 0.6 is 0 Å². The van der Waals surface area contributed by atoms with E-state index in [9.17, 15) is 58.2 Å². The minimum absolute atomic E-state index is 0.00701. The van der Waals surface area contributed by atoms with Crippen molar-refractivity contribution in [2.75, 3.05) is 74.8 Å². The summed E-state index contributed by atoms with van der Waals surface area (Å²) in [5.41, 5.74) is 3.46. The molecule has 556 valence electrons. The Bertz CT molecular complexity index is 3830. The highest BCUT2D eigenvalue weighted by Gasteiger charge is 2.47. The number of hydrogen-bond acceptors (Lipinski definition) is 20. The second-order valence-electron chi connectivity index (χ2n) is 26.3. The first-order chi connectivity index (χ1) is 49.1. The van der Waals surface area contributed by atoms with Gasteiger partial charge in [-0.3, -0.25) is 38.4 Å². The molecule has 4 aliphatic heterocycles. The molecule has 4 aliphatic rings. The highest BCUT2D eigenvalue weighted by Crippen LogP contribution is 2.44. The van der Waals surface area contributed by atoms with Crippen molar-refractivity contribution in [3.05, 3.63) is 119 Å². The van der Waals surface area contributed by atoms with Crippen molar-refractivity contribution in [2.24, 2.45) is 11.8 Å². The van der Waals surface area contributed by atoms with Crippen molar-refractivity contribution in [3.8, 4) is 23.0 Å². The summed E-state index contributed by atoms with van der Waals surface area (Å²) in [5, 5.41) is 40.1. The summed E-state index contributed by atoms with van der Waals surface area (Å²) in [6.45, 7) is 15.6. The summed E-state index contributed by atoms with van der Waals surface area (Å²) in [6.07, 6.45) is 0.199. The number of amides is 10. The molecule has 4 aromatic rings. The minimum atomic E-state index is -1.58. The van der Waals surface area contributed by atoms with Gasteiger partial charge in [-0.25, -0.2) is 19.4 Å². The fourth-order valence-corrected chi connectivity index (χ4v) is 12.0. The number of benzene rings is 4. The van der Waals surface area contributed by atoms with E-state index in [1.807, 2.05) is 13.8 Å². The average Bonchev–Trinajstić information content (AvgIpc) is 1.62. The van der Waals surface area contributed by atoms with E-state index in [2.05, 4.69) is 31.9 Å². The summed E-state index contributed by atoms with van der Waals surface area (Å²) in [5.74, 6) is -3.70. The van der Waals surface area contributed by atoms with E-state index in [1.54, 1.807) is 88.6 Å². The van der Waals surface area contributed by atoms with Crippen LogP contribution in [0.3, 0.4) is 0 Å². The summed E-state index contributed by atoms with van der Waals surface area (Å²) in [7, 11) is 4.35. The predicted octanol–water partition coefficient (Wildman–Crippen LogP) is 6.76. The zero-order valence-electron chi connectivity index (χ0n) is 60.1. The van der Waals surface area contributed by atoms with Crippen molar-refractivity contribution in [3.63, 3.8) is 0 Å². The molecule has 8 N–H and O–H groups in total. The summed E-state index contributed by atoms with van der Waals surface area (Å²) in [4.78, 5) is 139. The minimum Gasteiger partial charge on any atom is -0.493 e. The number of hydrogen-bond donors (Lipinski definition) is 8. The molecule has 103 heavy (non-hydrogen) atoms. The summed E-state index contributed by atoms with van der Waals surface area (Å²) >= 11 is 0. The van der Waals surface area contributed by atoms with Crippen LogP contribution in [-0.4, -0.2) is 183 Å². The molecule has 0 bridgehead atoms. The second kappa shape index (κ2) is 36.0. The third kappa shape index (κ3) is 19.9. The van der Waals surface area contributed by atoms with Gasteiger partial charge in [0.05, 0.1) is 81.8 Å². The van der Waals surface area contributed by atoms with Crippen molar-refractivity contribution in [1.29, 1.82) is 0 Å². The van der Waals surface area contributed by atoms with E-state index in [1.165, 1.54) is 76.2 Å². The third-order valence-electron chi connectivity index (χ3n) is 17.6.